The lowest BCUT2D eigenvalue weighted by Crippen LogP contribution is -2.49. The van der Waals surface area contributed by atoms with Crippen molar-refractivity contribution in [1.82, 2.24) is 14.8 Å². The van der Waals surface area contributed by atoms with Crippen molar-refractivity contribution in [1.29, 1.82) is 0 Å². The molecule has 0 bridgehead atoms. The minimum Gasteiger partial charge on any atom is -0.450 e. The molecule has 3 heterocycles. The number of nitrogens with one attached hydrogen (secondary N) is 1. The minimum atomic E-state index is -1.62. The highest BCUT2D eigenvalue weighted by Gasteiger charge is 2.53. The number of carbonyl (C=O) groups excluding carboxylic acids is 2. The summed E-state index contributed by atoms with van der Waals surface area (Å²) in [4.78, 5) is 29.0. The molecule has 8 nitrogen and oxygen atoms in total. The highest BCUT2D eigenvalue weighted by Crippen LogP contribution is 2.49. The number of pyridine rings is 1. The van der Waals surface area contributed by atoms with Gasteiger partial charge >= 0.3 is 5.97 Å². The molecule has 0 radical (unpaired) electrons. The van der Waals surface area contributed by atoms with Crippen LogP contribution in [0.15, 0.2) is 55.0 Å². The molecule has 1 fully saturated rings. The fourth-order valence-electron chi connectivity index (χ4n) is 4.29. The second kappa shape index (κ2) is 6.98. The van der Waals surface area contributed by atoms with Gasteiger partial charge in [-0.1, -0.05) is 6.07 Å². The van der Waals surface area contributed by atoms with Crippen LogP contribution in [0.1, 0.15) is 41.6 Å². The van der Waals surface area contributed by atoms with Crippen molar-refractivity contribution in [2.45, 2.75) is 36.9 Å². The zero-order valence-electron chi connectivity index (χ0n) is 16.4. The average Bonchev–Trinajstić information content (AvgIpc) is 3.34. The molecule has 9 heteroatoms. The molecular formula is C22H19FN4O4. The topological polar surface area (TPSA) is 106 Å². The highest BCUT2D eigenvalue weighted by atomic mass is 19.1. The van der Waals surface area contributed by atoms with Crippen LogP contribution in [0, 0.1) is 5.82 Å². The smallest absolute Gasteiger partial charge is 0.341 e. The summed E-state index contributed by atoms with van der Waals surface area (Å²) in [5.74, 6) is -1.16. The number of aliphatic hydroxyl groups is 1. The fourth-order valence-corrected chi connectivity index (χ4v) is 4.29. The van der Waals surface area contributed by atoms with E-state index in [-0.39, 0.29) is 18.7 Å². The number of rotatable bonds is 3. The molecule has 2 aromatic heterocycles. The maximum atomic E-state index is 13.4. The van der Waals surface area contributed by atoms with Crippen molar-refractivity contribution in [3.05, 3.63) is 71.9 Å². The van der Waals surface area contributed by atoms with Crippen molar-refractivity contribution in [2.24, 2.45) is 0 Å². The molecule has 1 aromatic carbocycles. The van der Waals surface area contributed by atoms with Crippen LogP contribution in [0.2, 0.25) is 0 Å². The van der Waals surface area contributed by atoms with Crippen LogP contribution in [0.25, 0.3) is 5.69 Å². The summed E-state index contributed by atoms with van der Waals surface area (Å²) < 4.78 is 20.5. The standard InChI is InChI=1S/C22H19FN4O4/c23-14-2-1-3-15(12-14)27-11-5-18(26-27)25-20(29)21(30)6-8-22(9-7-21)17-4-10-24-13-16(17)19(28)31-22/h1-5,10-13,30H,6-9H2,(H,25,26,29). The third-order valence-electron chi connectivity index (χ3n) is 6.03. The Labute approximate surface area is 176 Å². The molecule has 0 atom stereocenters. The molecule has 0 saturated heterocycles. The number of nitrogens with zero attached hydrogens (tertiary/aromatic N) is 3. The largest absolute Gasteiger partial charge is 0.450 e. The van der Waals surface area contributed by atoms with E-state index in [1.807, 2.05) is 0 Å². The SMILES string of the molecule is O=C1OC2(CCC(O)(C(=O)Nc3ccn(-c4cccc(F)c4)n3)CC2)c2ccncc21. The minimum absolute atomic E-state index is 0.123. The molecular weight excluding hydrogens is 403 g/mol. The van der Waals surface area contributed by atoms with Gasteiger partial charge in [0.1, 0.15) is 17.0 Å². The molecule has 1 aliphatic carbocycles. The molecule has 1 saturated carbocycles. The summed E-state index contributed by atoms with van der Waals surface area (Å²) in [6.07, 6.45) is 5.55. The average molecular weight is 422 g/mol. The molecule has 5 rings (SSSR count). The zero-order valence-corrected chi connectivity index (χ0v) is 16.4. The van der Waals surface area contributed by atoms with Crippen molar-refractivity contribution >= 4 is 17.7 Å². The van der Waals surface area contributed by atoms with Gasteiger partial charge in [-0.25, -0.2) is 13.9 Å². The van der Waals surface area contributed by atoms with Crippen molar-refractivity contribution < 1.29 is 23.8 Å². The number of benzene rings is 1. The number of halogens is 1. The van der Waals surface area contributed by atoms with E-state index in [0.29, 0.717) is 24.1 Å². The van der Waals surface area contributed by atoms with E-state index in [0.717, 1.165) is 5.56 Å². The van der Waals surface area contributed by atoms with Crippen LogP contribution in [0.5, 0.6) is 0 Å². The molecule has 1 spiro atoms. The molecule has 158 valence electrons. The first-order chi connectivity index (χ1) is 14.9. The third kappa shape index (κ3) is 3.27. The predicted octanol–water partition coefficient (Wildman–Crippen LogP) is 2.72. The summed E-state index contributed by atoms with van der Waals surface area (Å²) >= 11 is 0. The number of anilines is 1. The first kappa shape index (κ1) is 19.4. The predicted molar refractivity (Wildman–Crippen MR) is 107 cm³/mol. The van der Waals surface area contributed by atoms with E-state index in [9.17, 15) is 19.1 Å². The Bertz CT molecular complexity index is 1180. The molecule has 2 N–H and O–H groups in total. The second-order valence-corrected chi connectivity index (χ2v) is 7.92. The Morgan fingerprint density at radius 1 is 1.19 bits per heavy atom. The van der Waals surface area contributed by atoms with Gasteiger partial charge < -0.3 is 15.2 Å². The Hall–Kier alpha value is -3.59. The van der Waals surface area contributed by atoms with Crippen molar-refractivity contribution in [3.8, 4) is 5.69 Å². The van der Waals surface area contributed by atoms with Gasteiger partial charge in [0.25, 0.3) is 5.91 Å². The number of hydrogen-bond acceptors (Lipinski definition) is 6. The highest BCUT2D eigenvalue weighted by molar-refractivity contribution is 5.97. The summed E-state index contributed by atoms with van der Waals surface area (Å²) in [5.41, 5.74) is -0.754. The third-order valence-corrected chi connectivity index (χ3v) is 6.03. The molecule has 3 aromatic rings. The molecule has 1 aliphatic heterocycles. The maximum Gasteiger partial charge on any atom is 0.341 e. The molecule has 31 heavy (non-hydrogen) atoms. The fraction of sp³-hybridized carbons (Fsp3) is 0.273. The Morgan fingerprint density at radius 3 is 2.77 bits per heavy atom. The number of aromatic nitrogens is 3. The Kier molecular flexibility index (Phi) is 4.37. The number of amides is 1. The van der Waals surface area contributed by atoms with Gasteiger partial charge in [-0.05, 0) is 49.9 Å². The van der Waals surface area contributed by atoms with E-state index in [4.69, 9.17) is 4.74 Å². The zero-order chi connectivity index (χ0) is 21.6. The van der Waals surface area contributed by atoms with Gasteiger partial charge in [0.2, 0.25) is 0 Å². The van der Waals surface area contributed by atoms with Crippen LogP contribution in [-0.4, -0.2) is 37.3 Å². The number of ether oxygens (including phenoxy) is 1. The van der Waals surface area contributed by atoms with Gasteiger partial charge in [0, 0.05) is 30.2 Å². The van der Waals surface area contributed by atoms with Gasteiger partial charge in [-0.2, -0.15) is 5.10 Å². The van der Waals surface area contributed by atoms with E-state index >= 15 is 0 Å². The van der Waals surface area contributed by atoms with Crippen LogP contribution in [0.3, 0.4) is 0 Å². The lowest BCUT2D eigenvalue weighted by Gasteiger charge is -2.40. The number of fused-ring (bicyclic) bond motifs is 2. The summed E-state index contributed by atoms with van der Waals surface area (Å²) in [5, 5.41) is 17.8. The number of carbonyl (C=O) groups is 2. The molecule has 1 amide bonds. The monoisotopic (exact) mass is 422 g/mol. The van der Waals surface area contributed by atoms with E-state index in [1.54, 1.807) is 36.7 Å². The van der Waals surface area contributed by atoms with Crippen molar-refractivity contribution in [2.75, 3.05) is 5.32 Å². The van der Waals surface area contributed by atoms with Gasteiger partial charge in [0.15, 0.2) is 5.82 Å². The van der Waals surface area contributed by atoms with E-state index in [2.05, 4.69) is 15.4 Å². The Balaban J connectivity index is 1.29. The van der Waals surface area contributed by atoms with E-state index < -0.39 is 28.9 Å². The summed E-state index contributed by atoms with van der Waals surface area (Å²) in [7, 11) is 0. The van der Waals surface area contributed by atoms with Gasteiger partial charge in [0.05, 0.1) is 11.3 Å². The lowest BCUT2D eigenvalue weighted by molar-refractivity contribution is -0.144. The number of esters is 1. The Morgan fingerprint density at radius 2 is 2.00 bits per heavy atom. The van der Waals surface area contributed by atoms with Crippen LogP contribution in [-0.2, 0) is 15.1 Å². The van der Waals surface area contributed by atoms with Crippen LogP contribution < -0.4 is 5.32 Å². The van der Waals surface area contributed by atoms with Gasteiger partial charge in [-0.15, -0.1) is 0 Å². The first-order valence-electron chi connectivity index (χ1n) is 9.92. The normalized spacial score (nSPS) is 24.6. The lowest BCUT2D eigenvalue weighted by atomic mass is 9.72. The second-order valence-electron chi connectivity index (χ2n) is 7.92. The van der Waals surface area contributed by atoms with Crippen LogP contribution in [0.4, 0.5) is 10.2 Å². The molecule has 0 unspecified atom stereocenters. The van der Waals surface area contributed by atoms with Crippen LogP contribution >= 0.6 is 0 Å². The van der Waals surface area contributed by atoms with Crippen molar-refractivity contribution in [3.63, 3.8) is 0 Å². The number of hydrogen-bond donors (Lipinski definition) is 2. The summed E-state index contributed by atoms with van der Waals surface area (Å²) in [6, 6.07) is 9.23. The van der Waals surface area contributed by atoms with Gasteiger partial charge in [-0.3, -0.25) is 9.78 Å². The summed E-state index contributed by atoms with van der Waals surface area (Å²) in [6.45, 7) is 0. The van der Waals surface area contributed by atoms with E-state index in [1.165, 1.54) is 23.0 Å². The first-order valence-corrected chi connectivity index (χ1v) is 9.92. The molecule has 2 aliphatic rings. The quantitative estimate of drug-likeness (QED) is 0.629. The maximum absolute atomic E-state index is 13.4.